The van der Waals surface area contributed by atoms with Gasteiger partial charge in [0.15, 0.2) is 0 Å². The molecule has 0 bridgehead atoms. The molecule has 17 heavy (non-hydrogen) atoms. The number of aromatic nitrogens is 1. The van der Waals surface area contributed by atoms with E-state index in [0.29, 0.717) is 0 Å². The van der Waals surface area contributed by atoms with Gasteiger partial charge in [0.1, 0.15) is 0 Å². The summed E-state index contributed by atoms with van der Waals surface area (Å²) in [4.78, 5) is 4.49. The van der Waals surface area contributed by atoms with Gasteiger partial charge in [0.05, 0.1) is 5.60 Å². The van der Waals surface area contributed by atoms with Crippen LogP contribution in [0.4, 0.5) is 0 Å². The number of hydrogen-bond donors (Lipinski definition) is 2. The summed E-state index contributed by atoms with van der Waals surface area (Å²) in [5.74, 6) is 0.228. The van der Waals surface area contributed by atoms with Crippen molar-refractivity contribution < 1.29 is 5.11 Å². The lowest BCUT2D eigenvalue weighted by atomic mass is 9.73. The lowest BCUT2D eigenvalue weighted by molar-refractivity contribution is -0.0260. The third-order valence-corrected chi connectivity index (χ3v) is 4.50. The first-order chi connectivity index (χ1) is 8.19. The Kier molecular flexibility index (Phi) is 2.68. The molecule has 0 amide bonds. The van der Waals surface area contributed by atoms with Crippen molar-refractivity contribution in [2.24, 2.45) is 5.73 Å². The summed E-state index contributed by atoms with van der Waals surface area (Å²) >= 11 is 0. The van der Waals surface area contributed by atoms with E-state index in [1.807, 2.05) is 12.3 Å². The van der Waals surface area contributed by atoms with Gasteiger partial charge in [0.25, 0.3) is 0 Å². The highest BCUT2D eigenvalue weighted by atomic mass is 16.3. The van der Waals surface area contributed by atoms with Crippen LogP contribution in [0.1, 0.15) is 49.3 Å². The second kappa shape index (κ2) is 4.07. The van der Waals surface area contributed by atoms with Gasteiger partial charge in [-0.15, -0.1) is 0 Å². The van der Waals surface area contributed by atoms with Gasteiger partial charge in [-0.05, 0) is 50.2 Å². The summed E-state index contributed by atoms with van der Waals surface area (Å²) in [5.41, 5.74) is 7.81. The van der Waals surface area contributed by atoms with Crippen LogP contribution in [0.25, 0.3) is 0 Å². The summed E-state index contributed by atoms with van der Waals surface area (Å²) in [6.07, 6.45) is 7.48. The molecule has 92 valence electrons. The van der Waals surface area contributed by atoms with Crippen LogP contribution in [0.15, 0.2) is 18.3 Å². The minimum absolute atomic E-state index is 0.228. The molecule has 3 heteroatoms. The Labute approximate surface area is 102 Å². The van der Waals surface area contributed by atoms with Gasteiger partial charge in [-0.1, -0.05) is 6.07 Å². The molecule has 3 rings (SSSR count). The molecule has 1 unspecified atom stereocenters. The molecule has 2 aliphatic carbocycles. The van der Waals surface area contributed by atoms with E-state index in [4.69, 9.17) is 5.73 Å². The first-order valence-electron chi connectivity index (χ1n) is 6.61. The molecule has 1 aromatic heterocycles. The van der Waals surface area contributed by atoms with Gasteiger partial charge >= 0.3 is 0 Å². The Morgan fingerprint density at radius 3 is 2.82 bits per heavy atom. The predicted molar refractivity (Wildman–Crippen MR) is 66.7 cm³/mol. The van der Waals surface area contributed by atoms with Crippen LogP contribution in [-0.4, -0.2) is 21.7 Å². The molecule has 0 radical (unpaired) electrons. The second-order valence-electron chi connectivity index (χ2n) is 5.58. The number of nitrogens with zero attached hydrogens (tertiary/aromatic N) is 1. The Balaban J connectivity index is 1.86. The standard InChI is InChI=1S/C14H20N2O/c15-11-5-7-14(17,8-6-11)12-4-3-10-2-1-9-16-13(10)12/h1-2,9,11-12,17H,3-8,15H2. The SMILES string of the molecule is NC1CCC(O)(C2CCc3cccnc32)CC1. The van der Waals surface area contributed by atoms with E-state index in [1.54, 1.807) is 0 Å². The monoisotopic (exact) mass is 232 g/mol. The number of aliphatic hydroxyl groups is 1. The molecule has 3 N–H and O–H groups in total. The number of aryl methyl sites for hydroxylation is 1. The van der Waals surface area contributed by atoms with Gasteiger partial charge in [-0.25, -0.2) is 0 Å². The summed E-state index contributed by atoms with van der Waals surface area (Å²) in [6.45, 7) is 0. The van der Waals surface area contributed by atoms with Gasteiger partial charge in [-0.2, -0.15) is 0 Å². The van der Waals surface area contributed by atoms with Crippen LogP contribution in [-0.2, 0) is 6.42 Å². The fraction of sp³-hybridized carbons (Fsp3) is 0.643. The van der Waals surface area contributed by atoms with Crippen LogP contribution in [0.3, 0.4) is 0 Å². The molecular formula is C14H20N2O. The fourth-order valence-corrected chi connectivity index (χ4v) is 3.42. The zero-order valence-electron chi connectivity index (χ0n) is 10.1. The highest BCUT2D eigenvalue weighted by Crippen LogP contribution is 2.45. The number of pyridine rings is 1. The smallest absolute Gasteiger partial charge is 0.0732 e. The highest BCUT2D eigenvalue weighted by molar-refractivity contribution is 5.31. The summed E-state index contributed by atoms with van der Waals surface area (Å²) in [7, 11) is 0. The number of nitrogens with two attached hydrogens (primary N) is 1. The largest absolute Gasteiger partial charge is 0.389 e. The van der Waals surface area contributed by atoms with E-state index in [1.165, 1.54) is 5.56 Å². The fourth-order valence-electron chi connectivity index (χ4n) is 3.42. The number of rotatable bonds is 1. The number of hydrogen-bond acceptors (Lipinski definition) is 3. The second-order valence-corrected chi connectivity index (χ2v) is 5.58. The summed E-state index contributed by atoms with van der Waals surface area (Å²) < 4.78 is 0. The molecule has 0 saturated heterocycles. The zero-order chi connectivity index (χ0) is 11.9. The van der Waals surface area contributed by atoms with Crippen LogP contribution in [0, 0.1) is 0 Å². The molecule has 1 heterocycles. The Bertz CT molecular complexity index is 410. The lowest BCUT2D eigenvalue weighted by Gasteiger charge is -2.39. The molecular weight excluding hydrogens is 212 g/mol. The molecule has 0 aromatic carbocycles. The first kappa shape index (κ1) is 11.2. The van der Waals surface area contributed by atoms with Crippen LogP contribution in [0.5, 0.6) is 0 Å². The van der Waals surface area contributed by atoms with E-state index in [9.17, 15) is 5.11 Å². The third kappa shape index (κ3) is 1.87. The van der Waals surface area contributed by atoms with E-state index in [2.05, 4.69) is 11.1 Å². The molecule has 1 saturated carbocycles. The molecule has 1 aromatic rings. The van der Waals surface area contributed by atoms with E-state index < -0.39 is 5.60 Å². The van der Waals surface area contributed by atoms with Gasteiger partial charge in [-0.3, -0.25) is 4.98 Å². The van der Waals surface area contributed by atoms with Crippen molar-refractivity contribution >= 4 is 0 Å². The molecule has 0 aliphatic heterocycles. The molecule has 3 nitrogen and oxygen atoms in total. The Morgan fingerprint density at radius 2 is 2.06 bits per heavy atom. The quantitative estimate of drug-likeness (QED) is 0.775. The molecule has 0 spiro atoms. The predicted octanol–water partition coefficient (Wildman–Crippen LogP) is 1.74. The van der Waals surface area contributed by atoms with Crippen molar-refractivity contribution in [1.29, 1.82) is 0 Å². The van der Waals surface area contributed by atoms with E-state index in [0.717, 1.165) is 44.2 Å². The van der Waals surface area contributed by atoms with Crippen molar-refractivity contribution in [3.63, 3.8) is 0 Å². The van der Waals surface area contributed by atoms with Crippen molar-refractivity contribution in [2.45, 2.75) is 56.1 Å². The Hall–Kier alpha value is -0.930. The van der Waals surface area contributed by atoms with Gasteiger partial charge in [0.2, 0.25) is 0 Å². The first-order valence-corrected chi connectivity index (χ1v) is 6.61. The van der Waals surface area contributed by atoms with Crippen molar-refractivity contribution in [1.82, 2.24) is 4.98 Å². The minimum atomic E-state index is -0.560. The average molecular weight is 232 g/mol. The van der Waals surface area contributed by atoms with Crippen LogP contribution < -0.4 is 5.73 Å². The van der Waals surface area contributed by atoms with Gasteiger partial charge in [0, 0.05) is 23.9 Å². The average Bonchev–Trinajstić information content (AvgIpc) is 2.78. The molecule has 1 fully saturated rings. The van der Waals surface area contributed by atoms with Crippen molar-refractivity contribution in [3.05, 3.63) is 29.6 Å². The lowest BCUT2D eigenvalue weighted by Crippen LogP contribution is -2.43. The topological polar surface area (TPSA) is 59.1 Å². The zero-order valence-corrected chi connectivity index (χ0v) is 10.1. The Morgan fingerprint density at radius 1 is 1.29 bits per heavy atom. The molecule has 1 atom stereocenters. The van der Waals surface area contributed by atoms with E-state index >= 15 is 0 Å². The summed E-state index contributed by atoms with van der Waals surface area (Å²) in [5, 5.41) is 10.8. The van der Waals surface area contributed by atoms with Crippen LogP contribution >= 0.6 is 0 Å². The maximum absolute atomic E-state index is 10.8. The van der Waals surface area contributed by atoms with E-state index in [-0.39, 0.29) is 12.0 Å². The number of fused-ring (bicyclic) bond motifs is 1. The van der Waals surface area contributed by atoms with Crippen LogP contribution in [0.2, 0.25) is 0 Å². The van der Waals surface area contributed by atoms with Gasteiger partial charge < -0.3 is 10.8 Å². The van der Waals surface area contributed by atoms with Crippen molar-refractivity contribution in [2.75, 3.05) is 0 Å². The maximum atomic E-state index is 10.8. The minimum Gasteiger partial charge on any atom is -0.389 e. The molecule has 2 aliphatic rings. The third-order valence-electron chi connectivity index (χ3n) is 4.50. The summed E-state index contributed by atoms with van der Waals surface area (Å²) in [6, 6.07) is 4.40. The van der Waals surface area contributed by atoms with Crippen molar-refractivity contribution in [3.8, 4) is 0 Å². The normalized spacial score (nSPS) is 36.8. The maximum Gasteiger partial charge on any atom is 0.0732 e. The highest BCUT2D eigenvalue weighted by Gasteiger charge is 2.43.